The molecule has 0 radical (unpaired) electrons. The van der Waals surface area contributed by atoms with Gasteiger partial charge in [-0.3, -0.25) is 11.3 Å². The molecule has 2 nitrogen and oxygen atoms in total. The topological polar surface area (TPSA) is 38.0 Å². The van der Waals surface area contributed by atoms with Crippen molar-refractivity contribution in [1.82, 2.24) is 5.43 Å². The monoisotopic (exact) mass is 246 g/mol. The number of hydrazine groups is 1. The Bertz CT molecular complexity index is 334. The van der Waals surface area contributed by atoms with E-state index in [4.69, 9.17) is 5.84 Å². The van der Waals surface area contributed by atoms with Gasteiger partial charge in [0.2, 0.25) is 0 Å². The number of hydrogen-bond donors (Lipinski definition) is 2. The fourth-order valence-corrected chi connectivity index (χ4v) is 2.29. The zero-order chi connectivity index (χ0) is 12.0. The maximum atomic E-state index is 13.0. The van der Waals surface area contributed by atoms with Gasteiger partial charge in [-0.1, -0.05) is 13.0 Å². The first-order valence-electron chi connectivity index (χ1n) is 5.17. The zero-order valence-electron chi connectivity index (χ0n) is 9.17. The van der Waals surface area contributed by atoms with Crippen LogP contribution in [0.1, 0.15) is 24.9 Å². The van der Waals surface area contributed by atoms with E-state index in [1.807, 2.05) is 0 Å². The van der Waals surface area contributed by atoms with Gasteiger partial charge in [-0.05, 0) is 29.9 Å². The van der Waals surface area contributed by atoms with Crippen molar-refractivity contribution >= 4 is 11.8 Å². The fraction of sp³-hybridized carbons (Fsp3) is 0.455. The van der Waals surface area contributed by atoms with Crippen molar-refractivity contribution < 1.29 is 8.78 Å². The second kappa shape index (κ2) is 6.83. The minimum absolute atomic E-state index is 0.147. The highest BCUT2D eigenvalue weighted by atomic mass is 32.2. The van der Waals surface area contributed by atoms with Crippen molar-refractivity contribution in [3.05, 3.63) is 35.4 Å². The van der Waals surface area contributed by atoms with Crippen molar-refractivity contribution in [1.29, 1.82) is 0 Å². The van der Waals surface area contributed by atoms with Crippen LogP contribution in [0.25, 0.3) is 0 Å². The molecule has 1 atom stereocenters. The molecule has 0 fully saturated rings. The molecule has 0 amide bonds. The van der Waals surface area contributed by atoms with Gasteiger partial charge in [-0.2, -0.15) is 11.8 Å². The van der Waals surface area contributed by atoms with Crippen LogP contribution in [-0.4, -0.2) is 11.5 Å². The van der Waals surface area contributed by atoms with E-state index in [9.17, 15) is 8.78 Å². The highest BCUT2D eigenvalue weighted by Gasteiger charge is 2.12. The average Bonchev–Trinajstić information content (AvgIpc) is 2.29. The Hall–Kier alpha value is -0.650. The van der Waals surface area contributed by atoms with Crippen molar-refractivity contribution in [2.75, 3.05) is 11.5 Å². The van der Waals surface area contributed by atoms with Gasteiger partial charge < -0.3 is 0 Å². The van der Waals surface area contributed by atoms with Crippen LogP contribution in [-0.2, 0) is 0 Å². The van der Waals surface area contributed by atoms with E-state index in [1.165, 1.54) is 6.07 Å². The van der Waals surface area contributed by atoms with E-state index in [0.29, 0.717) is 5.56 Å². The molecule has 1 aromatic rings. The third-order valence-electron chi connectivity index (χ3n) is 2.18. The first-order valence-corrected chi connectivity index (χ1v) is 6.33. The Morgan fingerprint density at radius 1 is 1.38 bits per heavy atom. The van der Waals surface area contributed by atoms with Gasteiger partial charge in [0, 0.05) is 5.75 Å². The number of hydrogen-bond acceptors (Lipinski definition) is 3. The third kappa shape index (κ3) is 3.73. The Morgan fingerprint density at radius 3 is 2.69 bits per heavy atom. The number of thioether (sulfide) groups is 1. The molecular formula is C11H16F2N2S. The van der Waals surface area contributed by atoms with Crippen molar-refractivity contribution in [3.8, 4) is 0 Å². The van der Waals surface area contributed by atoms with Gasteiger partial charge in [0.1, 0.15) is 0 Å². The number of benzene rings is 1. The Kier molecular flexibility index (Phi) is 5.73. The predicted octanol–water partition coefficient (Wildman–Crippen LogP) is 2.61. The highest BCUT2D eigenvalue weighted by Crippen LogP contribution is 2.20. The van der Waals surface area contributed by atoms with Crippen LogP contribution in [0.2, 0.25) is 0 Å². The molecule has 0 saturated heterocycles. The van der Waals surface area contributed by atoms with E-state index >= 15 is 0 Å². The molecule has 16 heavy (non-hydrogen) atoms. The number of nitrogens with two attached hydrogens (primary N) is 1. The molecule has 0 aromatic heterocycles. The summed E-state index contributed by atoms with van der Waals surface area (Å²) in [4.78, 5) is 0. The number of rotatable bonds is 6. The molecule has 1 aromatic carbocycles. The van der Waals surface area contributed by atoms with Crippen LogP contribution in [0.5, 0.6) is 0 Å². The molecule has 0 heterocycles. The van der Waals surface area contributed by atoms with E-state index < -0.39 is 11.6 Å². The normalized spacial score (nSPS) is 12.8. The van der Waals surface area contributed by atoms with Crippen molar-refractivity contribution in [3.63, 3.8) is 0 Å². The highest BCUT2D eigenvalue weighted by molar-refractivity contribution is 7.99. The van der Waals surface area contributed by atoms with Crippen LogP contribution < -0.4 is 11.3 Å². The second-order valence-electron chi connectivity index (χ2n) is 3.47. The molecule has 0 aliphatic carbocycles. The van der Waals surface area contributed by atoms with Gasteiger partial charge in [0.15, 0.2) is 11.6 Å². The minimum Gasteiger partial charge on any atom is -0.271 e. The van der Waals surface area contributed by atoms with E-state index in [0.717, 1.165) is 24.0 Å². The first kappa shape index (κ1) is 13.4. The Labute approximate surface area is 98.6 Å². The summed E-state index contributed by atoms with van der Waals surface area (Å²) in [6.45, 7) is 2.09. The van der Waals surface area contributed by atoms with Crippen molar-refractivity contribution in [2.24, 2.45) is 5.84 Å². The predicted molar refractivity (Wildman–Crippen MR) is 64.0 cm³/mol. The smallest absolute Gasteiger partial charge is 0.159 e. The summed E-state index contributed by atoms with van der Waals surface area (Å²) in [5.74, 6) is 5.50. The lowest BCUT2D eigenvalue weighted by atomic mass is 10.1. The second-order valence-corrected chi connectivity index (χ2v) is 4.62. The van der Waals surface area contributed by atoms with Crippen LogP contribution >= 0.6 is 11.8 Å². The van der Waals surface area contributed by atoms with Gasteiger partial charge in [-0.15, -0.1) is 0 Å². The summed E-state index contributed by atoms with van der Waals surface area (Å²) < 4.78 is 25.8. The molecule has 0 saturated carbocycles. The van der Waals surface area contributed by atoms with Crippen molar-refractivity contribution in [2.45, 2.75) is 19.4 Å². The summed E-state index contributed by atoms with van der Waals surface area (Å²) in [6, 6.07) is 3.72. The molecule has 0 bridgehead atoms. The number of halogens is 2. The standard InChI is InChI=1S/C11H16F2N2S/c1-2-5-16-7-11(15-14)8-3-4-9(12)10(13)6-8/h3-4,6,11,15H,2,5,7,14H2,1H3. The van der Waals surface area contributed by atoms with Crippen LogP contribution in [0, 0.1) is 11.6 Å². The lowest BCUT2D eigenvalue weighted by Crippen LogP contribution is -2.29. The molecule has 0 spiro atoms. The fourth-order valence-electron chi connectivity index (χ4n) is 1.32. The van der Waals surface area contributed by atoms with Crippen LogP contribution in [0.3, 0.4) is 0 Å². The molecule has 0 aliphatic heterocycles. The van der Waals surface area contributed by atoms with Gasteiger partial charge in [0.25, 0.3) is 0 Å². The third-order valence-corrected chi connectivity index (χ3v) is 3.45. The maximum Gasteiger partial charge on any atom is 0.159 e. The van der Waals surface area contributed by atoms with Gasteiger partial charge in [0.05, 0.1) is 6.04 Å². The van der Waals surface area contributed by atoms with Crippen LogP contribution in [0.4, 0.5) is 8.78 Å². The van der Waals surface area contributed by atoms with Gasteiger partial charge in [-0.25, -0.2) is 8.78 Å². The first-order chi connectivity index (χ1) is 7.69. The summed E-state index contributed by atoms with van der Waals surface area (Å²) in [5, 5.41) is 0. The SMILES string of the molecule is CCCSCC(NN)c1ccc(F)c(F)c1. The summed E-state index contributed by atoms with van der Waals surface area (Å²) >= 11 is 1.73. The van der Waals surface area contributed by atoms with E-state index in [2.05, 4.69) is 12.3 Å². The molecule has 90 valence electrons. The Balaban J connectivity index is 2.67. The molecule has 5 heteroatoms. The lowest BCUT2D eigenvalue weighted by Gasteiger charge is -2.15. The number of nitrogens with one attached hydrogen (secondary N) is 1. The quantitative estimate of drug-likeness (QED) is 0.460. The van der Waals surface area contributed by atoms with E-state index in [1.54, 1.807) is 17.8 Å². The summed E-state index contributed by atoms with van der Waals surface area (Å²) in [7, 11) is 0. The summed E-state index contributed by atoms with van der Waals surface area (Å²) in [5.41, 5.74) is 3.29. The summed E-state index contributed by atoms with van der Waals surface area (Å²) in [6.07, 6.45) is 1.08. The van der Waals surface area contributed by atoms with E-state index in [-0.39, 0.29) is 6.04 Å². The van der Waals surface area contributed by atoms with Gasteiger partial charge >= 0.3 is 0 Å². The molecule has 0 aliphatic rings. The largest absolute Gasteiger partial charge is 0.271 e. The molecule has 3 N–H and O–H groups in total. The zero-order valence-corrected chi connectivity index (χ0v) is 9.99. The molecule has 1 unspecified atom stereocenters. The van der Waals surface area contributed by atoms with Crippen LogP contribution in [0.15, 0.2) is 18.2 Å². The molecule has 1 rings (SSSR count). The maximum absolute atomic E-state index is 13.0. The molecular weight excluding hydrogens is 230 g/mol. The minimum atomic E-state index is -0.835. The average molecular weight is 246 g/mol. The lowest BCUT2D eigenvalue weighted by molar-refractivity contribution is 0.502. The Morgan fingerprint density at radius 2 is 2.12 bits per heavy atom.